The quantitative estimate of drug-likeness (QED) is 0.674. The fraction of sp³-hybridized carbons (Fsp3) is 0.438. The fourth-order valence-electron chi connectivity index (χ4n) is 2.53. The molecule has 2 rings (SSSR count). The summed E-state index contributed by atoms with van der Waals surface area (Å²) in [6.07, 6.45) is 1.49. The molecule has 0 saturated heterocycles. The summed E-state index contributed by atoms with van der Waals surface area (Å²) in [5, 5.41) is 1.43. The molecule has 0 aliphatic heterocycles. The van der Waals surface area contributed by atoms with Crippen LogP contribution >= 0.6 is 0 Å². The predicted molar refractivity (Wildman–Crippen MR) is 88.3 cm³/mol. The molecular weight excluding hydrogens is 278 g/mol. The average Bonchev–Trinajstić information content (AvgIpc) is 2.48. The summed E-state index contributed by atoms with van der Waals surface area (Å²) in [7, 11) is 0. The minimum atomic E-state index is -0.342. The van der Waals surface area contributed by atoms with Crippen LogP contribution in [0.4, 0.5) is 5.95 Å². The van der Waals surface area contributed by atoms with Gasteiger partial charge < -0.3 is 0 Å². The van der Waals surface area contributed by atoms with Gasteiger partial charge in [0.2, 0.25) is 5.95 Å². The van der Waals surface area contributed by atoms with Crippen molar-refractivity contribution in [3.8, 4) is 5.69 Å². The summed E-state index contributed by atoms with van der Waals surface area (Å²) in [6, 6.07) is 5.94. The van der Waals surface area contributed by atoms with E-state index >= 15 is 0 Å². The van der Waals surface area contributed by atoms with Gasteiger partial charge in [-0.25, -0.2) is 15.2 Å². The van der Waals surface area contributed by atoms with Crippen molar-refractivity contribution >= 4 is 5.95 Å². The Morgan fingerprint density at radius 3 is 2.36 bits per heavy atom. The van der Waals surface area contributed by atoms with E-state index in [1.165, 1.54) is 5.01 Å². The Bertz CT molecular complexity index is 703. The van der Waals surface area contributed by atoms with E-state index in [4.69, 9.17) is 5.84 Å². The van der Waals surface area contributed by atoms with Gasteiger partial charge in [0, 0.05) is 13.0 Å². The maximum atomic E-state index is 12.6. The molecule has 22 heavy (non-hydrogen) atoms. The largest absolute Gasteiger partial charge is 0.356 e. The van der Waals surface area contributed by atoms with E-state index in [9.17, 15) is 4.79 Å². The lowest BCUT2D eigenvalue weighted by molar-refractivity contribution is 0.711. The summed E-state index contributed by atoms with van der Waals surface area (Å²) in [5.74, 6) is 6.86. The van der Waals surface area contributed by atoms with Crippen LogP contribution in [0.2, 0.25) is 0 Å². The summed E-state index contributed by atoms with van der Waals surface area (Å²) in [5.41, 5.74) is 2.55. The molecule has 0 amide bonds. The maximum Gasteiger partial charge on any atom is 0.356 e. The molecule has 6 heteroatoms. The Morgan fingerprint density at radius 1 is 1.18 bits per heavy atom. The molecule has 2 N–H and O–H groups in total. The van der Waals surface area contributed by atoms with Gasteiger partial charge in [0.1, 0.15) is 5.82 Å². The molecule has 6 nitrogen and oxygen atoms in total. The molecule has 0 fully saturated rings. The van der Waals surface area contributed by atoms with Crippen molar-refractivity contribution in [2.75, 3.05) is 11.6 Å². The molecule has 0 bridgehead atoms. The molecule has 0 aliphatic rings. The molecule has 1 aromatic heterocycles. The lowest BCUT2D eigenvalue weighted by Crippen LogP contribution is -2.37. The zero-order valence-corrected chi connectivity index (χ0v) is 13.6. The van der Waals surface area contributed by atoms with Crippen molar-refractivity contribution in [1.29, 1.82) is 0 Å². The van der Waals surface area contributed by atoms with Crippen LogP contribution in [0.1, 0.15) is 37.2 Å². The highest BCUT2D eigenvalue weighted by atomic mass is 16.1. The Balaban J connectivity index is 2.65. The van der Waals surface area contributed by atoms with Crippen LogP contribution in [0, 0.1) is 13.8 Å². The number of aromatic nitrogens is 3. The van der Waals surface area contributed by atoms with E-state index in [1.807, 2.05) is 45.9 Å². The van der Waals surface area contributed by atoms with E-state index < -0.39 is 0 Å². The molecule has 2 aromatic rings. The first kappa shape index (κ1) is 16.2. The number of rotatable bonds is 5. The van der Waals surface area contributed by atoms with Crippen LogP contribution in [0.5, 0.6) is 0 Å². The highest BCUT2D eigenvalue weighted by molar-refractivity contribution is 5.48. The van der Waals surface area contributed by atoms with Crippen molar-refractivity contribution < 1.29 is 0 Å². The second kappa shape index (κ2) is 6.70. The normalized spacial score (nSPS) is 10.8. The van der Waals surface area contributed by atoms with E-state index in [0.29, 0.717) is 18.8 Å². The van der Waals surface area contributed by atoms with Gasteiger partial charge in [-0.05, 0) is 31.4 Å². The number of hydrogen-bond donors (Lipinski definition) is 1. The van der Waals surface area contributed by atoms with E-state index in [-0.39, 0.29) is 11.6 Å². The number of nitrogens with zero attached hydrogens (tertiary/aromatic N) is 4. The van der Waals surface area contributed by atoms with Crippen LogP contribution in [0.15, 0.2) is 23.0 Å². The monoisotopic (exact) mass is 301 g/mol. The molecule has 0 atom stereocenters. The topological polar surface area (TPSA) is 77.0 Å². The number of aryl methyl sites for hydroxylation is 3. The Morgan fingerprint density at radius 2 is 1.82 bits per heavy atom. The first-order valence-electron chi connectivity index (χ1n) is 7.58. The summed E-state index contributed by atoms with van der Waals surface area (Å²) in [4.78, 5) is 21.1. The number of anilines is 1. The predicted octanol–water partition coefficient (Wildman–Crippen LogP) is 1.90. The van der Waals surface area contributed by atoms with Crippen molar-refractivity contribution in [2.24, 2.45) is 5.84 Å². The smallest absolute Gasteiger partial charge is 0.279 e. The molecule has 1 aromatic carbocycles. The van der Waals surface area contributed by atoms with E-state index in [1.54, 1.807) is 4.57 Å². The molecule has 0 aliphatic carbocycles. The number of benzene rings is 1. The van der Waals surface area contributed by atoms with Gasteiger partial charge in [-0.15, -0.1) is 0 Å². The van der Waals surface area contributed by atoms with E-state index in [2.05, 4.69) is 9.97 Å². The van der Waals surface area contributed by atoms with Gasteiger partial charge in [-0.3, -0.25) is 5.01 Å². The third-order valence-electron chi connectivity index (χ3n) is 3.57. The molecular formula is C16H23N5O. The van der Waals surface area contributed by atoms with Gasteiger partial charge in [-0.1, -0.05) is 32.0 Å². The van der Waals surface area contributed by atoms with Crippen molar-refractivity contribution in [1.82, 2.24) is 14.5 Å². The highest BCUT2D eigenvalue weighted by Crippen LogP contribution is 2.19. The fourth-order valence-corrected chi connectivity index (χ4v) is 2.53. The maximum absolute atomic E-state index is 12.6. The standard InChI is InChI=1S/C16H23N5O/c1-5-10-20(17)15-18-13(6-2)21(16(22)19-15)14-11(3)8-7-9-12(14)4/h7-9H,5-6,10,17H2,1-4H3. The van der Waals surface area contributed by atoms with Crippen molar-refractivity contribution in [3.05, 3.63) is 45.6 Å². The third-order valence-corrected chi connectivity index (χ3v) is 3.57. The van der Waals surface area contributed by atoms with Gasteiger partial charge in [-0.2, -0.15) is 9.97 Å². The SMILES string of the molecule is CCCN(N)c1nc(CC)n(-c2c(C)cccc2C)c(=O)n1. The minimum absolute atomic E-state index is 0.284. The van der Waals surface area contributed by atoms with Crippen LogP contribution in [0.25, 0.3) is 5.69 Å². The summed E-state index contributed by atoms with van der Waals surface area (Å²) >= 11 is 0. The number of nitrogens with two attached hydrogens (primary N) is 1. The van der Waals surface area contributed by atoms with Crippen molar-refractivity contribution in [2.45, 2.75) is 40.5 Å². The lowest BCUT2D eigenvalue weighted by atomic mass is 10.1. The van der Waals surface area contributed by atoms with Gasteiger partial charge >= 0.3 is 5.69 Å². The molecule has 0 spiro atoms. The summed E-state index contributed by atoms with van der Waals surface area (Å²) in [6.45, 7) is 8.55. The highest BCUT2D eigenvalue weighted by Gasteiger charge is 2.16. The second-order valence-corrected chi connectivity index (χ2v) is 5.35. The molecule has 0 saturated carbocycles. The Kier molecular flexibility index (Phi) is 4.92. The van der Waals surface area contributed by atoms with Crippen LogP contribution in [0.3, 0.4) is 0 Å². The van der Waals surface area contributed by atoms with Crippen LogP contribution in [-0.4, -0.2) is 21.1 Å². The van der Waals surface area contributed by atoms with Crippen LogP contribution in [-0.2, 0) is 6.42 Å². The van der Waals surface area contributed by atoms with Gasteiger partial charge in [0.15, 0.2) is 0 Å². The zero-order chi connectivity index (χ0) is 16.3. The van der Waals surface area contributed by atoms with Crippen molar-refractivity contribution in [3.63, 3.8) is 0 Å². The molecule has 0 unspecified atom stereocenters. The van der Waals surface area contributed by atoms with E-state index in [0.717, 1.165) is 23.2 Å². The Hall–Kier alpha value is -2.21. The second-order valence-electron chi connectivity index (χ2n) is 5.35. The third kappa shape index (κ3) is 3.01. The first-order chi connectivity index (χ1) is 10.5. The molecule has 0 radical (unpaired) electrons. The lowest BCUT2D eigenvalue weighted by Gasteiger charge is -2.19. The first-order valence-corrected chi connectivity index (χ1v) is 7.58. The van der Waals surface area contributed by atoms with Crippen LogP contribution < -0.4 is 16.5 Å². The number of hydrazine groups is 1. The number of hydrogen-bond acceptors (Lipinski definition) is 5. The number of para-hydroxylation sites is 1. The molecule has 118 valence electrons. The zero-order valence-electron chi connectivity index (χ0n) is 13.6. The Labute approximate surface area is 130 Å². The average molecular weight is 301 g/mol. The summed E-state index contributed by atoms with van der Waals surface area (Å²) < 4.78 is 1.59. The van der Waals surface area contributed by atoms with Gasteiger partial charge in [0.05, 0.1) is 5.69 Å². The molecule has 1 heterocycles. The van der Waals surface area contributed by atoms with Gasteiger partial charge in [0.25, 0.3) is 0 Å². The minimum Gasteiger partial charge on any atom is -0.279 e.